The number of ether oxygens (including phenoxy) is 2. The summed E-state index contributed by atoms with van der Waals surface area (Å²) >= 11 is 0. The molecule has 112 valence electrons. The Morgan fingerprint density at radius 2 is 1.81 bits per heavy atom. The van der Waals surface area contributed by atoms with Crippen LogP contribution in [0.3, 0.4) is 0 Å². The summed E-state index contributed by atoms with van der Waals surface area (Å²) < 4.78 is 10.2. The monoisotopic (exact) mass is 287 g/mol. The third-order valence-electron chi connectivity index (χ3n) is 3.17. The summed E-state index contributed by atoms with van der Waals surface area (Å²) in [5, 5.41) is 8.82. The van der Waals surface area contributed by atoms with Gasteiger partial charge < -0.3 is 14.6 Å². The topological polar surface area (TPSA) is 51.6 Å². The van der Waals surface area contributed by atoms with E-state index >= 15 is 0 Å². The lowest BCUT2D eigenvalue weighted by Gasteiger charge is -2.06. The van der Waals surface area contributed by atoms with E-state index in [1.165, 1.54) is 0 Å². The molecule has 1 aromatic heterocycles. The first-order chi connectivity index (χ1) is 10.3. The van der Waals surface area contributed by atoms with Gasteiger partial charge in [-0.1, -0.05) is 30.3 Å². The molecule has 2 rings (SSSR count). The molecule has 0 amide bonds. The highest BCUT2D eigenvalue weighted by Crippen LogP contribution is 2.19. The van der Waals surface area contributed by atoms with Gasteiger partial charge in [0.15, 0.2) is 0 Å². The fourth-order valence-corrected chi connectivity index (χ4v) is 2.04. The first-order valence-electron chi connectivity index (χ1n) is 7.05. The van der Waals surface area contributed by atoms with Gasteiger partial charge in [-0.05, 0) is 30.0 Å². The van der Waals surface area contributed by atoms with Crippen LogP contribution in [0.1, 0.15) is 17.7 Å². The molecule has 0 radical (unpaired) electrons. The number of aromatic nitrogens is 1. The van der Waals surface area contributed by atoms with Crippen LogP contribution in [-0.2, 0) is 22.5 Å². The zero-order chi connectivity index (χ0) is 14.9. The molecule has 0 aliphatic carbocycles. The van der Waals surface area contributed by atoms with E-state index in [-0.39, 0.29) is 6.61 Å². The average molecular weight is 287 g/mol. The van der Waals surface area contributed by atoms with Crippen LogP contribution in [-0.4, -0.2) is 30.6 Å². The maximum absolute atomic E-state index is 8.82. The third kappa shape index (κ3) is 4.93. The van der Waals surface area contributed by atoms with E-state index in [2.05, 4.69) is 23.2 Å². The number of benzene rings is 1. The van der Waals surface area contributed by atoms with E-state index in [0.29, 0.717) is 13.4 Å². The summed E-state index contributed by atoms with van der Waals surface area (Å²) in [7, 11) is 1.61. The standard InChI is InChI=1S/C17H21NO3/c1-20-13-21-12-14-4-6-15(7-5-14)16-8-9-17(18-11-16)3-2-10-19/h4-9,11,19H,2-3,10,12-13H2,1H3. The molecule has 4 nitrogen and oxygen atoms in total. The lowest BCUT2D eigenvalue weighted by atomic mass is 10.1. The summed E-state index contributed by atoms with van der Waals surface area (Å²) in [6.07, 6.45) is 3.44. The van der Waals surface area contributed by atoms with Crippen molar-refractivity contribution in [1.29, 1.82) is 0 Å². The fraction of sp³-hybridized carbons (Fsp3) is 0.353. The lowest BCUT2D eigenvalue weighted by Crippen LogP contribution is -1.96. The second kappa shape index (κ2) is 8.52. The fourth-order valence-electron chi connectivity index (χ4n) is 2.04. The van der Waals surface area contributed by atoms with Gasteiger partial charge in [0.1, 0.15) is 6.79 Å². The molecular formula is C17H21NO3. The van der Waals surface area contributed by atoms with Gasteiger partial charge >= 0.3 is 0 Å². The van der Waals surface area contributed by atoms with Crippen molar-refractivity contribution < 1.29 is 14.6 Å². The van der Waals surface area contributed by atoms with Crippen molar-refractivity contribution >= 4 is 0 Å². The average Bonchev–Trinajstić information content (AvgIpc) is 2.54. The second-order valence-corrected chi connectivity index (χ2v) is 4.82. The minimum atomic E-state index is 0.204. The number of aryl methyl sites for hydroxylation is 1. The van der Waals surface area contributed by atoms with Crippen LogP contribution in [0.2, 0.25) is 0 Å². The molecule has 0 fully saturated rings. The predicted molar refractivity (Wildman–Crippen MR) is 81.7 cm³/mol. The van der Waals surface area contributed by atoms with Gasteiger partial charge in [0.05, 0.1) is 6.61 Å². The van der Waals surface area contributed by atoms with Crippen LogP contribution in [0, 0.1) is 0 Å². The summed E-state index contributed by atoms with van der Waals surface area (Å²) in [5.41, 5.74) is 4.35. The number of nitrogens with zero attached hydrogens (tertiary/aromatic N) is 1. The molecule has 0 atom stereocenters. The van der Waals surface area contributed by atoms with E-state index in [4.69, 9.17) is 14.6 Å². The van der Waals surface area contributed by atoms with E-state index < -0.39 is 0 Å². The highest BCUT2D eigenvalue weighted by molar-refractivity contribution is 5.62. The Bertz CT molecular complexity index is 523. The van der Waals surface area contributed by atoms with Crippen molar-refractivity contribution in [2.75, 3.05) is 20.5 Å². The number of aliphatic hydroxyl groups excluding tert-OH is 1. The van der Waals surface area contributed by atoms with Crippen LogP contribution in [0.25, 0.3) is 11.1 Å². The Labute approximate surface area is 125 Å². The molecule has 1 heterocycles. The Morgan fingerprint density at radius 1 is 1.05 bits per heavy atom. The Balaban J connectivity index is 1.97. The summed E-state index contributed by atoms with van der Waals surface area (Å²) in [6, 6.07) is 12.3. The third-order valence-corrected chi connectivity index (χ3v) is 3.17. The van der Waals surface area contributed by atoms with Gasteiger partial charge in [-0.3, -0.25) is 4.98 Å². The van der Waals surface area contributed by atoms with Crippen LogP contribution >= 0.6 is 0 Å². The molecule has 1 aromatic carbocycles. The van der Waals surface area contributed by atoms with Gasteiger partial charge in [0.2, 0.25) is 0 Å². The zero-order valence-electron chi connectivity index (χ0n) is 12.3. The van der Waals surface area contributed by atoms with Crippen LogP contribution < -0.4 is 0 Å². The quantitative estimate of drug-likeness (QED) is 0.599. The number of hydrogen-bond acceptors (Lipinski definition) is 4. The Hall–Kier alpha value is -1.75. The predicted octanol–water partition coefficient (Wildman–Crippen LogP) is 2.79. The van der Waals surface area contributed by atoms with Crippen molar-refractivity contribution in [3.63, 3.8) is 0 Å². The molecule has 0 saturated carbocycles. The number of aliphatic hydroxyl groups is 1. The number of rotatable bonds is 8. The van der Waals surface area contributed by atoms with Crippen LogP contribution in [0.15, 0.2) is 42.6 Å². The molecule has 4 heteroatoms. The Morgan fingerprint density at radius 3 is 2.43 bits per heavy atom. The molecule has 21 heavy (non-hydrogen) atoms. The Kier molecular flexibility index (Phi) is 6.34. The number of pyridine rings is 1. The van der Waals surface area contributed by atoms with E-state index in [1.54, 1.807) is 7.11 Å². The zero-order valence-corrected chi connectivity index (χ0v) is 12.3. The van der Waals surface area contributed by atoms with Crippen molar-refractivity contribution in [3.05, 3.63) is 53.9 Å². The van der Waals surface area contributed by atoms with Crippen molar-refractivity contribution in [2.24, 2.45) is 0 Å². The van der Waals surface area contributed by atoms with E-state index in [1.807, 2.05) is 24.4 Å². The van der Waals surface area contributed by atoms with E-state index in [0.717, 1.165) is 35.2 Å². The minimum Gasteiger partial charge on any atom is -0.396 e. The second-order valence-electron chi connectivity index (χ2n) is 4.82. The van der Waals surface area contributed by atoms with Gasteiger partial charge in [0, 0.05) is 31.2 Å². The van der Waals surface area contributed by atoms with Crippen LogP contribution in [0.5, 0.6) is 0 Å². The molecule has 0 saturated heterocycles. The molecule has 0 aliphatic heterocycles. The largest absolute Gasteiger partial charge is 0.396 e. The summed E-state index contributed by atoms with van der Waals surface area (Å²) in [5.74, 6) is 0. The number of hydrogen-bond donors (Lipinski definition) is 1. The SMILES string of the molecule is COCOCc1ccc(-c2ccc(CCCO)nc2)cc1. The van der Waals surface area contributed by atoms with Gasteiger partial charge in [-0.2, -0.15) is 0 Å². The smallest absolute Gasteiger partial charge is 0.146 e. The lowest BCUT2D eigenvalue weighted by molar-refractivity contribution is -0.0390. The maximum atomic E-state index is 8.82. The first kappa shape index (κ1) is 15.6. The van der Waals surface area contributed by atoms with Crippen molar-refractivity contribution in [2.45, 2.75) is 19.4 Å². The van der Waals surface area contributed by atoms with E-state index in [9.17, 15) is 0 Å². The first-order valence-corrected chi connectivity index (χ1v) is 7.05. The van der Waals surface area contributed by atoms with Gasteiger partial charge in [-0.25, -0.2) is 0 Å². The maximum Gasteiger partial charge on any atom is 0.146 e. The summed E-state index contributed by atoms with van der Waals surface area (Å²) in [6.45, 7) is 1.06. The summed E-state index contributed by atoms with van der Waals surface area (Å²) in [4.78, 5) is 4.42. The molecule has 0 spiro atoms. The normalized spacial score (nSPS) is 10.8. The number of methoxy groups -OCH3 is 1. The molecule has 1 N–H and O–H groups in total. The molecule has 0 bridgehead atoms. The van der Waals surface area contributed by atoms with Crippen molar-refractivity contribution in [3.8, 4) is 11.1 Å². The highest BCUT2D eigenvalue weighted by atomic mass is 16.7. The highest BCUT2D eigenvalue weighted by Gasteiger charge is 2.00. The molecule has 2 aromatic rings. The van der Waals surface area contributed by atoms with Crippen molar-refractivity contribution in [1.82, 2.24) is 4.98 Å². The molecule has 0 unspecified atom stereocenters. The molecular weight excluding hydrogens is 266 g/mol. The van der Waals surface area contributed by atoms with Gasteiger partial charge in [0.25, 0.3) is 0 Å². The molecule has 0 aliphatic rings. The minimum absolute atomic E-state index is 0.204. The van der Waals surface area contributed by atoms with Crippen LogP contribution in [0.4, 0.5) is 0 Å². The van der Waals surface area contributed by atoms with Gasteiger partial charge in [-0.15, -0.1) is 0 Å².